The van der Waals surface area contributed by atoms with Crippen LogP contribution in [0.3, 0.4) is 0 Å². The Kier molecular flexibility index (Phi) is 4.62. The van der Waals surface area contributed by atoms with Crippen molar-refractivity contribution in [1.82, 2.24) is 9.29 Å². The molecule has 0 aromatic carbocycles. The van der Waals surface area contributed by atoms with E-state index in [1.54, 1.807) is 13.8 Å². The smallest absolute Gasteiger partial charge is 0.245 e. The molecule has 0 radical (unpaired) electrons. The van der Waals surface area contributed by atoms with Crippen LogP contribution in [-0.4, -0.2) is 41.3 Å². The molecule has 18 heavy (non-hydrogen) atoms. The van der Waals surface area contributed by atoms with Gasteiger partial charge in [-0.05, 0) is 26.0 Å². The van der Waals surface area contributed by atoms with Crippen molar-refractivity contribution in [3.8, 4) is 0 Å². The van der Waals surface area contributed by atoms with Gasteiger partial charge in [-0.25, -0.2) is 8.42 Å². The average molecular weight is 272 g/mol. The van der Waals surface area contributed by atoms with E-state index in [9.17, 15) is 8.42 Å². The first-order valence-corrected chi connectivity index (χ1v) is 6.72. The van der Waals surface area contributed by atoms with E-state index in [4.69, 9.17) is 10.9 Å². The summed E-state index contributed by atoms with van der Waals surface area (Å²) in [6, 6.07) is 2.66. The van der Waals surface area contributed by atoms with E-state index in [0.717, 1.165) is 4.31 Å². The van der Waals surface area contributed by atoms with Gasteiger partial charge in [0.05, 0.1) is 6.54 Å². The van der Waals surface area contributed by atoms with Crippen LogP contribution in [0, 0.1) is 0 Å². The average Bonchev–Trinajstić information content (AvgIpc) is 2.36. The predicted molar refractivity (Wildman–Crippen MR) is 66.7 cm³/mol. The summed E-state index contributed by atoms with van der Waals surface area (Å²) in [5, 5.41) is 11.3. The molecule has 0 bridgehead atoms. The van der Waals surface area contributed by atoms with Gasteiger partial charge in [-0.3, -0.25) is 4.98 Å². The lowest BCUT2D eigenvalue weighted by atomic mass is 10.4. The highest BCUT2D eigenvalue weighted by atomic mass is 32.2. The lowest BCUT2D eigenvalue weighted by Crippen LogP contribution is -2.42. The first kappa shape index (κ1) is 14.4. The lowest BCUT2D eigenvalue weighted by Gasteiger charge is -2.24. The summed E-state index contributed by atoms with van der Waals surface area (Å²) in [7, 11) is -3.71. The molecule has 0 aliphatic heterocycles. The number of nitrogens with two attached hydrogens (primary N) is 1. The van der Waals surface area contributed by atoms with Crippen LogP contribution in [0.25, 0.3) is 0 Å². The van der Waals surface area contributed by atoms with E-state index in [1.807, 2.05) is 0 Å². The summed E-state index contributed by atoms with van der Waals surface area (Å²) in [6.07, 6.45) is 2.75. The minimum atomic E-state index is -3.71. The molecule has 7 nitrogen and oxygen atoms in total. The van der Waals surface area contributed by atoms with Crippen molar-refractivity contribution >= 4 is 15.9 Å². The molecule has 1 rings (SSSR count). The molecule has 8 heteroatoms. The zero-order chi connectivity index (χ0) is 13.8. The van der Waals surface area contributed by atoms with Gasteiger partial charge in [-0.1, -0.05) is 5.16 Å². The molecule has 100 valence electrons. The molecule has 0 saturated carbocycles. The van der Waals surface area contributed by atoms with Crippen LogP contribution < -0.4 is 5.73 Å². The van der Waals surface area contributed by atoms with Gasteiger partial charge in [0.25, 0.3) is 0 Å². The summed E-state index contributed by atoms with van der Waals surface area (Å²) in [5.74, 6) is -0.170. The highest BCUT2D eigenvalue weighted by Crippen LogP contribution is 2.16. The molecule has 1 aromatic heterocycles. The van der Waals surface area contributed by atoms with Gasteiger partial charge >= 0.3 is 0 Å². The molecule has 1 aromatic rings. The Hall–Kier alpha value is -1.67. The van der Waals surface area contributed by atoms with Crippen LogP contribution in [0.15, 0.2) is 34.6 Å². The third-order valence-corrected chi connectivity index (χ3v) is 4.27. The number of aromatic nitrogens is 1. The van der Waals surface area contributed by atoms with Crippen molar-refractivity contribution in [3.63, 3.8) is 0 Å². The topological polar surface area (TPSA) is 109 Å². The summed E-state index contributed by atoms with van der Waals surface area (Å²) in [4.78, 5) is 3.85. The molecule has 0 fully saturated rings. The van der Waals surface area contributed by atoms with E-state index in [-0.39, 0.29) is 23.3 Å². The van der Waals surface area contributed by atoms with Crippen molar-refractivity contribution < 1.29 is 13.6 Å². The minimum absolute atomic E-state index is 0.0736. The summed E-state index contributed by atoms with van der Waals surface area (Å²) < 4.78 is 25.8. The molecule has 0 unspecified atom stereocenters. The van der Waals surface area contributed by atoms with Gasteiger partial charge < -0.3 is 10.9 Å². The quantitative estimate of drug-likeness (QED) is 0.345. The van der Waals surface area contributed by atoms with Crippen molar-refractivity contribution in [2.24, 2.45) is 10.9 Å². The number of amidine groups is 1. The fourth-order valence-electron chi connectivity index (χ4n) is 1.37. The van der Waals surface area contributed by atoms with E-state index in [1.165, 1.54) is 24.5 Å². The molecular weight excluding hydrogens is 256 g/mol. The Morgan fingerprint density at radius 2 is 2.28 bits per heavy atom. The van der Waals surface area contributed by atoms with Crippen molar-refractivity contribution in [1.29, 1.82) is 0 Å². The molecule has 0 saturated heterocycles. The number of oxime groups is 1. The fourth-order valence-corrected chi connectivity index (χ4v) is 2.94. The van der Waals surface area contributed by atoms with Gasteiger partial charge in [-0.15, -0.1) is 0 Å². The molecule has 1 heterocycles. The highest BCUT2D eigenvalue weighted by molar-refractivity contribution is 7.89. The Labute approximate surface area is 106 Å². The van der Waals surface area contributed by atoms with Gasteiger partial charge in [0, 0.05) is 18.4 Å². The van der Waals surface area contributed by atoms with E-state index < -0.39 is 10.0 Å². The van der Waals surface area contributed by atoms with E-state index in [0.29, 0.717) is 0 Å². The van der Waals surface area contributed by atoms with Gasteiger partial charge in [0.2, 0.25) is 10.0 Å². The van der Waals surface area contributed by atoms with Crippen molar-refractivity contribution in [3.05, 3.63) is 24.5 Å². The Bertz CT molecular complexity index is 513. The normalized spacial score (nSPS) is 13.2. The Balaban J connectivity index is 3.14. The maximum absolute atomic E-state index is 12.3. The third kappa shape index (κ3) is 3.17. The first-order valence-electron chi connectivity index (χ1n) is 5.28. The van der Waals surface area contributed by atoms with E-state index in [2.05, 4.69) is 10.1 Å². The minimum Gasteiger partial charge on any atom is -0.409 e. The van der Waals surface area contributed by atoms with Crippen molar-refractivity contribution in [2.45, 2.75) is 24.8 Å². The summed E-state index contributed by atoms with van der Waals surface area (Å²) in [6.45, 7) is 3.24. The molecule has 0 aliphatic carbocycles. The van der Waals surface area contributed by atoms with Crippen LogP contribution in [0.1, 0.15) is 13.8 Å². The van der Waals surface area contributed by atoms with Crippen LogP contribution in [0.4, 0.5) is 0 Å². The standard InChI is InChI=1S/C10H16N4O3S/c1-8(2)14(7-10(11)13-15)18(16,17)9-4-3-5-12-6-9/h3-6,8,15H,7H2,1-2H3,(H2,11,13). The number of rotatable bonds is 5. The number of nitrogens with zero attached hydrogens (tertiary/aromatic N) is 3. The van der Waals surface area contributed by atoms with E-state index >= 15 is 0 Å². The van der Waals surface area contributed by atoms with Crippen LogP contribution >= 0.6 is 0 Å². The number of hydrogen-bond donors (Lipinski definition) is 2. The second kappa shape index (κ2) is 5.78. The molecule has 0 amide bonds. The molecular formula is C10H16N4O3S. The largest absolute Gasteiger partial charge is 0.409 e. The molecule has 0 atom stereocenters. The second-order valence-corrected chi connectivity index (χ2v) is 5.81. The summed E-state index contributed by atoms with van der Waals surface area (Å²) >= 11 is 0. The number of sulfonamides is 1. The summed E-state index contributed by atoms with van der Waals surface area (Å²) in [5.41, 5.74) is 5.36. The van der Waals surface area contributed by atoms with Crippen molar-refractivity contribution in [2.75, 3.05) is 6.54 Å². The van der Waals surface area contributed by atoms with Crippen LogP contribution in [0.2, 0.25) is 0 Å². The number of hydrogen-bond acceptors (Lipinski definition) is 5. The number of pyridine rings is 1. The molecule has 0 aliphatic rings. The SMILES string of the molecule is CC(C)N(CC(N)=NO)S(=O)(=O)c1cccnc1. The Morgan fingerprint density at radius 3 is 2.72 bits per heavy atom. The van der Waals surface area contributed by atoms with Gasteiger partial charge in [-0.2, -0.15) is 4.31 Å². The van der Waals surface area contributed by atoms with Gasteiger partial charge in [0.1, 0.15) is 4.90 Å². The predicted octanol–water partition coefficient (Wildman–Crippen LogP) is 0.227. The molecule has 3 N–H and O–H groups in total. The zero-order valence-corrected chi connectivity index (χ0v) is 11.0. The fraction of sp³-hybridized carbons (Fsp3) is 0.400. The maximum atomic E-state index is 12.3. The first-order chi connectivity index (χ1) is 8.39. The maximum Gasteiger partial charge on any atom is 0.245 e. The monoisotopic (exact) mass is 272 g/mol. The zero-order valence-electron chi connectivity index (χ0n) is 10.2. The van der Waals surface area contributed by atoms with Crippen LogP contribution in [-0.2, 0) is 10.0 Å². The van der Waals surface area contributed by atoms with Crippen LogP contribution in [0.5, 0.6) is 0 Å². The highest BCUT2D eigenvalue weighted by Gasteiger charge is 2.27. The second-order valence-electron chi connectivity index (χ2n) is 3.92. The van der Waals surface area contributed by atoms with Gasteiger partial charge in [0.15, 0.2) is 5.84 Å². The molecule has 0 spiro atoms. The third-order valence-electron chi connectivity index (χ3n) is 2.26. The lowest BCUT2D eigenvalue weighted by molar-refractivity contribution is 0.312. The Morgan fingerprint density at radius 1 is 1.61 bits per heavy atom.